The molecule has 3 N–H and O–H groups in total. The van der Waals surface area contributed by atoms with Crippen molar-refractivity contribution < 1.29 is 19.4 Å². The summed E-state index contributed by atoms with van der Waals surface area (Å²) in [4.78, 5) is 30.9. The smallest absolute Gasteiger partial charge is 0.228 e. The van der Waals surface area contributed by atoms with Gasteiger partial charge in [-0.3, -0.25) is 9.59 Å². The molecule has 2 amide bonds. The molecule has 0 bridgehead atoms. The number of amides is 2. The Bertz CT molecular complexity index is 888. The van der Waals surface area contributed by atoms with Crippen molar-refractivity contribution >= 4 is 17.5 Å². The molecule has 8 heteroatoms. The normalized spacial score (nSPS) is 24.2. The van der Waals surface area contributed by atoms with E-state index in [9.17, 15) is 14.7 Å². The summed E-state index contributed by atoms with van der Waals surface area (Å²) in [6.45, 7) is 7.91. The maximum Gasteiger partial charge on any atom is 0.228 e. The number of nitrogens with zero attached hydrogens (tertiary/aromatic N) is 2. The number of para-hydroxylation sites is 1. The molecule has 0 radical (unpaired) electrons. The van der Waals surface area contributed by atoms with Crippen LogP contribution in [0.5, 0.6) is 0 Å². The van der Waals surface area contributed by atoms with E-state index in [4.69, 9.17) is 4.74 Å². The highest BCUT2D eigenvalue weighted by Gasteiger charge is 2.41. The summed E-state index contributed by atoms with van der Waals surface area (Å²) in [5.41, 5.74) is 1.79. The third-order valence-electron chi connectivity index (χ3n) is 7.67. The largest absolute Gasteiger partial charge is 0.395 e. The van der Waals surface area contributed by atoms with Gasteiger partial charge in [-0.05, 0) is 51.2 Å². The lowest BCUT2D eigenvalue weighted by Crippen LogP contribution is -2.55. The molecule has 1 aliphatic carbocycles. The van der Waals surface area contributed by atoms with Crippen molar-refractivity contribution in [1.82, 2.24) is 15.5 Å². The molecule has 3 aliphatic rings. The quantitative estimate of drug-likeness (QED) is 0.413. The fourth-order valence-electron chi connectivity index (χ4n) is 5.32. The fourth-order valence-corrected chi connectivity index (χ4v) is 5.32. The standard InChI is InChI=1S/C27H42N4O4/c1-27(2,18-32)26(34)29-21-13-19(14-28-15-21)25(33)31(22-9-10-22)17-20-16-30(11-6-12-35-3)24-8-5-4-7-23(20)24/h4-5,7-8,19-22,28,32H,6,9-18H2,1-3H3,(H,29,34)/t19-,20?,21+/m0/s1. The van der Waals surface area contributed by atoms with Crippen molar-refractivity contribution in [2.24, 2.45) is 11.3 Å². The number of aliphatic hydroxyl groups is 1. The first-order valence-corrected chi connectivity index (χ1v) is 13.1. The summed E-state index contributed by atoms with van der Waals surface area (Å²) >= 11 is 0. The first-order valence-electron chi connectivity index (χ1n) is 13.1. The molecule has 1 aromatic carbocycles. The van der Waals surface area contributed by atoms with Crippen molar-refractivity contribution in [2.45, 2.75) is 57.5 Å². The van der Waals surface area contributed by atoms with Crippen LogP contribution in [0.15, 0.2) is 24.3 Å². The van der Waals surface area contributed by atoms with Crippen LogP contribution in [-0.4, -0.2) is 87.0 Å². The zero-order chi connectivity index (χ0) is 25.0. The van der Waals surface area contributed by atoms with Gasteiger partial charge in [0, 0.05) is 70.1 Å². The van der Waals surface area contributed by atoms with Gasteiger partial charge in [0.15, 0.2) is 0 Å². The van der Waals surface area contributed by atoms with E-state index in [1.807, 2.05) is 0 Å². The number of methoxy groups -OCH3 is 1. The van der Waals surface area contributed by atoms with Crippen molar-refractivity contribution in [3.8, 4) is 0 Å². The lowest BCUT2D eigenvalue weighted by molar-refractivity contribution is -0.138. The topological polar surface area (TPSA) is 94.1 Å². The second-order valence-electron chi connectivity index (χ2n) is 11.1. The number of ether oxygens (including phenoxy) is 1. The SMILES string of the molecule is COCCCN1CC(CN(C(=O)[C@@H]2CNC[C@H](NC(=O)C(C)(C)CO)C2)C2CC2)c2ccccc21. The molecule has 194 valence electrons. The number of carbonyl (C=O) groups is 2. The first kappa shape index (κ1) is 25.9. The highest BCUT2D eigenvalue weighted by atomic mass is 16.5. The van der Waals surface area contributed by atoms with Crippen LogP contribution in [0.1, 0.15) is 51.0 Å². The van der Waals surface area contributed by atoms with Gasteiger partial charge >= 0.3 is 0 Å². The van der Waals surface area contributed by atoms with Gasteiger partial charge in [0.05, 0.1) is 17.9 Å². The van der Waals surface area contributed by atoms with Crippen LogP contribution >= 0.6 is 0 Å². The lowest BCUT2D eigenvalue weighted by atomic mass is 9.90. The van der Waals surface area contributed by atoms with Crippen molar-refractivity contribution in [1.29, 1.82) is 0 Å². The van der Waals surface area contributed by atoms with Crippen molar-refractivity contribution in [3.63, 3.8) is 0 Å². The molecule has 35 heavy (non-hydrogen) atoms. The molecule has 2 heterocycles. The van der Waals surface area contributed by atoms with Crippen molar-refractivity contribution in [3.05, 3.63) is 29.8 Å². The molecule has 0 spiro atoms. The second-order valence-corrected chi connectivity index (χ2v) is 11.1. The number of piperidine rings is 1. The maximum absolute atomic E-state index is 13.8. The minimum atomic E-state index is -0.831. The van der Waals surface area contributed by atoms with E-state index in [0.29, 0.717) is 31.5 Å². The minimum Gasteiger partial charge on any atom is -0.395 e. The summed E-state index contributed by atoms with van der Waals surface area (Å²) in [7, 11) is 1.74. The molecule has 0 aromatic heterocycles. The van der Waals surface area contributed by atoms with E-state index in [-0.39, 0.29) is 30.4 Å². The first-order chi connectivity index (χ1) is 16.8. The molecular formula is C27H42N4O4. The van der Waals surface area contributed by atoms with Crippen LogP contribution in [0.25, 0.3) is 0 Å². The third-order valence-corrected chi connectivity index (χ3v) is 7.67. The third kappa shape index (κ3) is 6.16. The Labute approximate surface area is 209 Å². The number of hydrogen-bond donors (Lipinski definition) is 3. The average molecular weight is 487 g/mol. The predicted octanol–water partition coefficient (Wildman–Crippen LogP) is 1.73. The van der Waals surface area contributed by atoms with E-state index >= 15 is 0 Å². The maximum atomic E-state index is 13.8. The van der Waals surface area contributed by atoms with Crippen LogP contribution in [0.4, 0.5) is 5.69 Å². The van der Waals surface area contributed by atoms with E-state index in [0.717, 1.165) is 45.5 Å². The Morgan fingerprint density at radius 1 is 1.26 bits per heavy atom. The van der Waals surface area contributed by atoms with Crippen LogP contribution in [-0.2, 0) is 14.3 Å². The zero-order valence-electron chi connectivity index (χ0n) is 21.5. The van der Waals surface area contributed by atoms with Crippen LogP contribution in [0.2, 0.25) is 0 Å². The summed E-state index contributed by atoms with van der Waals surface area (Å²) in [6, 6.07) is 8.82. The Morgan fingerprint density at radius 2 is 2.03 bits per heavy atom. The monoisotopic (exact) mass is 486 g/mol. The highest BCUT2D eigenvalue weighted by Crippen LogP contribution is 2.39. The van der Waals surface area contributed by atoms with Gasteiger partial charge in [-0.1, -0.05) is 18.2 Å². The lowest BCUT2D eigenvalue weighted by Gasteiger charge is -2.36. The number of rotatable bonds is 11. The number of aliphatic hydroxyl groups excluding tert-OH is 1. The number of carbonyl (C=O) groups excluding carboxylic acids is 2. The Kier molecular flexibility index (Phi) is 8.34. The molecule has 1 aromatic rings. The molecule has 3 atom stereocenters. The van der Waals surface area contributed by atoms with E-state index in [1.54, 1.807) is 21.0 Å². The van der Waals surface area contributed by atoms with Gasteiger partial charge in [0.2, 0.25) is 11.8 Å². The molecule has 2 fully saturated rings. The van der Waals surface area contributed by atoms with E-state index in [1.165, 1.54) is 11.3 Å². The molecule has 4 rings (SSSR count). The summed E-state index contributed by atoms with van der Waals surface area (Å²) < 4.78 is 5.25. The highest BCUT2D eigenvalue weighted by molar-refractivity contribution is 5.83. The summed E-state index contributed by atoms with van der Waals surface area (Å²) in [5, 5.41) is 15.9. The second kappa shape index (κ2) is 11.3. The summed E-state index contributed by atoms with van der Waals surface area (Å²) in [6.07, 6.45) is 3.76. The number of benzene rings is 1. The van der Waals surface area contributed by atoms with Gasteiger partial charge in [-0.25, -0.2) is 0 Å². The fraction of sp³-hybridized carbons (Fsp3) is 0.704. The van der Waals surface area contributed by atoms with Crippen LogP contribution in [0.3, 0.4) is 0 Å². The molecule has 1 unspecified atom stereocenters. The molecular weight excluding hydrogens is 444 g/mol. The Morgan fingerprint density at radius 3 is 2.74 bits per heavy atom. The van der Waals surface area contributed by atoms with Crippen LogP contribution < -0.4 is 15.5 Å². The zero-order valence-corrected chi connectivity index (χ0v) is 21.5. The molecule has 2 aliphatic heterocycles. The van der Waals surface area contributed by atoms with E-state index in [2.05, 4.69) is 44.7 Å². The van der Waals surface area contributed by atoms with Gasteiger partial charge in [0.1, 0.15) is 0 Å². The molecule has 1 saturated heterocycles. The van der Waals surface area contributed by atoms with Crippen molar-refractivity contribution in [2.75, 3.05) is 57.9 Å². The number of hydrogen-bond acceptors (Lipinski definition) is 6. The summed E-state index contributed by atoms with van der Waals surface area (Å²) in [5.74, 6) is 0.183. The Balaban J connectivity index is 1.41. The van der Waals surface area contributed by atoms with Gasteiger partial charge in [-0.2, -0.15) is 0 Å². The minimum absolute atomic E-state index is 0.111. The molecule has 8 nitrogen and oxygen atoms in total. The number of fused-ring (bicyclic) bond motifs is 1. The van der Waals surface area contributed by atoms with Crippen LogP contribution in [0, 0.1) is 11.3 Å². The Hall–Kier alpha value is -2.16. The average Bonchev–Trinajstić information content (AvgIpc) is 3.65. The van der Waals surface area contributed by atoms with E-state index < -0.39 is 5.41 Å². The number of nitrogens with one attached hydrogen (secondary N) is 2. The van der Waals surface area contributed by atoms with Gasteiger partial charge in [0.25, 0.3) is 0 Å². The van der Waals surface area contributed by atoms with Gasteiger partial charge in [-0.15, -0.1) is 0 Å². The number of anilines is 1. The molecule has 1 saturated carbocycles. The predicted molar refractivity (Wildman–Crippen MR) is 136 cm³/mol. The van der Waals surface area contributed by atoms with Gasteiger partial charge < -0.3 is 30.3 Å².